The van der Waals surface area contributed by atoms with Crippen molar-refractivity contribution >= 4 is 0 Å². The minimum atomic E-state index is 0.472. The van der Waals surface area contributed by atoms with E-state index in [4.69, 9.17) is 0 Å². The third kappa shape index (κ3) is 1.96. The first-order valence-corrected chi connectivity index (χ1v) is 6.13. The van der Waals surface area contributed by atoms with Crippen molar-refractivity contribution in [3.05, 3.63) is 0 Å². The second-order valence-electron chi connectivity index (χ2n) is 5.41. The van der Waals surface area contributed by atoms with Crippen molar-refractivity contribution in [2.75, 3.05) is 27.2 Å². The zero-order valence-corrected chi connectivity index (χ0v) is 9.68. The van der Waals surface area contributed by atoms with Gasteiger partial charge in [0.1, 0.15) is 0 Å². The fourth-order valence-corrected chi connectivity index (χ4v) is 3.48. The van der Waals surface area contributed by atoms with Crippen molar-refractivity contribution in [2.45, 2.75) is 44.1 Å². The highest BCUT2D eigenvalue weighted by Crippen LogP contribution is 2.39. The molecule has 82 valence electrons. The highest BCUT2D eigenvalue weighted by atomic mass is 15.1. The number of rotatable bonds is 3. The Morgan fingerprint density at radius 3 is 2.43 bits per heavy atom. The minimum absolute atomic E-state index is 0.472. The quantitative estimate of drug-likeness (QED) is 0.741. The predicted octanol–water partition coefficient (Wildman–Crippen LogP) is 1.86. The minimum Gasteiger partial charge on any atom is -0.310 e. The van der Waals surface area contributed by atoms with E-state index < -0.39 is 0 Å². The Morgan fingerprint density at radius 2 is 1.93 bits per heavy atom. The summed E-state index contributed by atoms with van der Waals surface area (Å²) >= 11 is 0. The van der Waals surface area contributed by atoms with E-state index in [9.17, 15) is 0 Å². The molecule has 1 saturated heterocycles. The molecule has 1 aliphatic heterocycles. The molecule has 0 aromatic rings. The molecule has 0 aromatic carbocycles. The van der Waals surface area contributed by atoms with E-state index >= 15 is 0 Å². The van der Waals surface area contributed by atoms with Crippen LogP contribution in [0.3, 0.4) is 0 Å². The third-order valence-corrected chi connectivity index (χ3v) is 4.01. The molecule has 2 fully saturated rings. The predicted molar refractivity (Wildman–Crippen MR) is 60.5 cm³/mol. The zero-order chi connectivity index (χ0) is 10.0. The van der Waals surface area contributed by atoms with E-state index in [1.54, 1.807) is 0 Å². The molecule has 1 N–H and O–H groups in total. The molecule has 2 heteroatoms. The first kappa shape index (κ1) is 10.4. The topological polar surface area (TPSA) is 15.3 Å². The standard InChI is InChI=1S/C12H24N2/c1-14(2)10-12(8-5-9-13-12)11-6-3-4-7-11/h11,13H,3-10H2,1-2H3. The number of hydrogen-bond donors (Lipinski definition) is 1. The summed E-state index contributed by atoms with van der Waals surface area (Å²) in [4.78, 5) is 2.36. The van der Waals surface area contributed by atoms with Crippen LogP contribution in [-0.4, -0.2) is 37.6 Å². The molecule has 0 aromatic heterocycles. The molecule has 2 rings (SSSR count). The molecule has 0 spiro atoms. The van der Waals surface area contributed by atoms with Crippen LogP contribution in [0.1, 0.15) is 38.5 Å². The summed E-state index contributed by atoms with van der Waals surface area (Å²) in [6, 6.07) is 0. The Hall–Kier alpha value is -0.0800. The van der Waals surface area contributed by atoms with E-state index in [1.165, 1.54) is 51.6 Å². The Balaban J connectivity index is 2.04. The first-order valence-electron chi connectivity index (χ1n) is 6.13. The molecule has 0 bridgehead atoms. The molecule has 1 unspecified atom stereocenters. The van der Waals surface area contributed by atoms with Crippen molar-refractivity contribution in [3.8, 4) is 0 Å². The van der Waals surface area contributed by atoms with Gasteiger partial charge in [-0.25, -0.2) is 0 Å². The van der Waals surface area contributed by atoms with Crippen LogP contribution in [0.4, 0.5) is 0 Å². The van der Waals surface area contributed by atoms with Gasteiger partial charge in [-0.1, -0.05) is 12.8 Å². The van der Waals surface area contributed by atoms with Crippen molar-refractivity contribution < 1.29 is 0 Å². The summed E-state index contributed by atoms with van der Waals surface area (Å²) in [6.45, 7) is 2.47. The maximum absolute atomic E-state index is 3.80. The van der Waals surface area contributed by atoms with Crippen LogP contribution in [0.5, 0.6) is 0 Å². The molecule has 0 amide bonds. The highest BCUT2D eigenvalue weighted by molar-refractivity contribution is 5.01. The molecular formula is C12H24N2. The van der Waals surface area contributed by atoms with Gasteiger partial charge in [0.25, 0.3) is 0 Å². The maximum atomic E-state index is 3.80. The van der Waals surface area contributed by atoms with Crippen LogP contribution in [0.15, 0.2) is 0 Å². The first-order chi connectivity index (χ1) is 6.73. The highest BCUT2D eigenvalue weighted by Gasteiger charge is 2.42. The fraction of sp³-hybridized carbons (Fsp3) is 1.00. The van der Waals surface area contributed by atoms with E-state index in [1.807, 2.05) is 0 Å². The Bertz CT molecular complexity index is 177. The normalized spacial score (nSPS) is 34.5. The smallest absolute Gasteiger partial charge is 0.0337 e. The lowest BCUT2D eigenvalue weighted by atomic mass is 9.81. The fourth-order valence-electron chi connectivity index (χ4n) is 3.48. The number of likely N-dealkylation sites (N-methyl/N-ethyl adjacent to an activating group) is 1. The second-order valence-corrected chi connectivity index (χ2v) is 5.41. The van der Waals surface area contributed by atoms with Crippen LogP contribution in [0.2, 0.25) is 0 Å². The molecule has 2 nitrogen and oxygen atoms in total. The summed E-state index contributed by atoms with van der Waals surface area (Å²) in [5, 5.41) is 3.80. The zero-order valence-electron chi connectivity index (χ0n) is 9.68. The number of nitrogens with zero attached hydrogens (tertiary/aromatic N) is 1. The molecule has 14 heavy (non-hydrogen) atoms. The van der Waals surface area contributed by atoms with Crippen LogP contribution >= 0.6 is 0 Å². The summed E-state index contributed by atoms with van der Waals surface area (Å²) in [7, 11) is 4.41. The van der Waals surface area contributed by atoms with E-state index in [2.05, 4.69) is 24.3 Å². The molecule has 1 aliphatic carbocycles. The lowest BCUT2D eigenvalue weighted by Crippen LogP contribution is -2.53. The van der Waals surface area contributed by atoms with Crippen LogP contribution in [-0.2, 0) is 0 Å². The Labute approximate surface area is 88.1 Å². The van der Waals surface area contributed by atoms with Gasteiger partial charge in [-0.05, 0) is 52.2 Å². The largest absolute Gasteiger partial charge is 0.310 e. The summed E-state index contributed by atoms with van der Waals surface area (Å²) in [5.41, 5.74) is 0.472. The van der Waals surface area contributed by atoms with Crippen LogP contribution in [0, 0.1) is 5.92 Å². The summed E-state index contributed by atoms with van der Waals surface area (Å²) < 4.78 is 0. The van der Waals surface area contributed by atoms with Gasteiger partial charge in [0.15, 0.2) is 0 Å². The van der Waals surface area contributed by atoms with Gasteiger partial charge in [-0.15, -0.1) is 0 Å². The molecule has 2 aliphatic rings. The van der Waals surface area contributed by atoms with Gasteiger partial charge in [-0.3, -0.25) is 0 Å². The van der Waals surface area contributed by atoms with Crippen molar-refractivity contribution in [1.29, 1.82) is 0 Å². The van der Waals surface area contributed by atoms with Gasteiger partial charge < -0.3 is 10.2 Å². The monoisotopic (exact) mass is 196 g/mol. The molecule has 1 saturated carbocycles. The van der Waals surface area contributed by atoms with Crippen molar-refractivity contribution in [3.63, 3.8) is 0 Å². The molecule has 1 atom stereocenters. The van der Waals surface area contributed by atoms with Gasteiger partial charge in [0, 0.05) is 12.1 Å². The average Bonchev–Trinajstić information content (AvgIpc) is 2.69. The van der Waals surface area contributed by atoms with Gasteiger partial charge in [0.05, 0.1) is 0 Å². The summed E-state index contributed by atoms with van der Waals surface area (Å²) in [6.07, 6.45) is 8.62. The molecule has 1 heterocycles. The van der Waals surface area contributed by atoms with Crippen molar-refractivity contribution in [2.24, 2.45) is 5.92 Å². The van der Waals surface area contributed by atoms with E-state index in [0.717, 1.165) is 5.92 Å². The number of hydrogen-bond acceptors (Lipinski definition) is 2. The molecular weight excluding hydrogens is 172 g/mol. The van der Waals surface area contributed by atoms with E-state index in [0.29, 0.717) is 5.54 Å². The SMILES string of the molecule is CN(C)CC1(C2CCCC2)CCCN1. The second kappa shape index (κ2) is 4.19. The van der Waals surface area contributed by atoms with Gasteiger partial charge >= 0.3 is 0 Å². The lowest BCUT2D eigenvalue weighted by Gasteiger charge is -2.38. The van der Waals surface area contributed by atoms with Gasteiger partial charge in [0.2, 0.25) is 0 Å². The number of nitrogens with one attached hydrogen (secondary N) is 1. The van der Waals surface area contributed by atoms with Gasteiger partial charge in [-0.2, -0.15) is 0 Å². The maximum Gasteiger partial charge on any atom is 0.0337 e. The average molecular weight is 196 g/mol. The van der Waals surface area contributed by atoms with E-state index in [-0.39, 0.29) is 0 Å². The summed E-state index contributed by atoms with van der Waals surface area (Å²) in [5.74, 6) is 0.951. The van der Waals surface area contributed by atoms with Crippen molar-refractivity contribution in [1.82, 2.24) is 10.2 Å². The third-order valence-electron chi connectivity index (χ3n) is 4.01. The lowest BCUT2D eigenvalue weighted by molar-refractivity contribution is 0.178. The Kier molecular flexibility index (Phi) is 3.13. The van der Waals surface area contributed by atoms with Crippen LogP contribution in [0.25, 0.3) is 0 Å². The van der Waals surface area contributed by atoms with Crippen LogP contribution < -0.4 is 5.32 Å². The Morgan fingerprint density at radius 1 is 1.21 bits per heavy atom. The molecule has 0 radical (unpaired) electrons.